The normalized spacial score (nSPS) is 19.1. The summed E-state index contributed by atoms with van der Waals surface area (Å²) >= 11 is 0. The third-order valence-electron chi connectivity index (χ3n) is 6.00. The highest BCUT2D eigenvalue weighted by Gasteiger charge is 2.34. The number of hydrogen-bond donors (Lipinski definition) is 1. The van der Waals surface area contributed by atoms with Crippen LogP contribution in [0.2, 0.25) is 0 Å². The fraction of sp³-hybridized carbons (Fsp3) is 0.522. The second-order valence-electron chi connectivity index (χ2n) is 8.06. The van der Waals surface area contributed by atoms with Crippen molar-refractivity contribution in [1.29, 1.82) is 0 Å². The molecule has 7 nitrogen and oxygen atoms in total. The van der Waals surface area contributed by atoms with E-state index in [1.165, 1.54) is 19.3 Å². The average Bonchev–Trinajstić information content (AvgIpc) is 3.21. The average molecular weight is 412 g/mol. The van der Waals surface area contributed by atoms with Crippen LogP contribution in [0.5, 0.6) is 5.75 Å². The summed E-state index contributed by atoms with van der Waals surface area (Å²) in [6.07, 6.45) is 8.06. The number of carbonyl (C=O) groups excluding carboxylic acids is 3. The van der Waals surface area contributed by atoms with Gasteiger partial charge < -0.3 is 15.4 Å². The molecular weight excluding hydrogens is 382 g/mol. The van der Waals surface area contributed by atoms with Gasteiger partial charge in [0.05, 0.1) is 16.9 Å². The molecule has 1 saturated carbocycles. The van der Waals surface area contributed by atoms with Crippen LogP contribution in [0.3, 0.4) is 0 Å². The highest BCUT2D eigenvalue weighted by Crippen LogP contribution is 2.32. The Hall–Kier alpha value is -2.92. The number of rotatable bonds is 4. The molecule has 2 N–H and O–H groups in total. The first kappa shape index (κ1) is 21.8. The fourth-order valence-electron chi connectivity index (χ4n) is 4.61. The summed E-state index contributed by atoms with van der Waals surface area (Å²) in [5.74, 6) is 1.32. The van der Waals surface area contributed by atoms with Crippen molar-refractivity contribution in [2.24, 2.45) is 5.92 Å². The van der Waals surface area contributed by atoms with E-state index in [0.717, 1.165) is 54.6 Å². The molecule has 0 bridgehead atoms. The predicted octanol–water partition coefficient (Wildman–Crippen LogP) is 3.49. The highest BCUT2D eigenvalue weighted by molar-refractivity contribution is 5.95. The molecule has 0 spiro atoms. The second kappa shape index (κ2) is 10.2. The molecule has 1 aliphatic carbocycles. The maximum atomic E-state index is 13.0. The zero-order chi connectivity index (χ0) is 21.5. The summed E-state index contributed by atoms with van der Waals surface area (Å²) in [6.45, 7) is 3.32. The van der Waals surface area contributed by atoms with Crippen LogP contribution in [0.1, 0.15) is 50.6 Å². The number of carbonyl (C=O) groups is 1. The number of hydrogen-bond acceptors (Lipinski definition) is 6. The molecule has 1 aliphatic heterocycles. The molecule has 1 aromatic heterocycles. The smallest absolute Gasteiger partial charge is 0.373 e. The van der Waals surface area contributed by atoms with Crippen molar-refractivity contribution >= 4 is 28.6 Å². The monoisotopic (exact) mass is 411 g/mol. The molecule has 7 heteroatoms. The van der Waals surface area contributed by atoms with Crippen LogP contribution < -0.4 is 10.5 Å². The third kappa shape index (κ3) is 4.97. The van der Waals surface area contributed by atoms with Crippen LogP contribution in [-0.4, -0.2) is 41.1 Å². The molecule has 2 fully saturated rings. The van der Waals surface area contributed by atoms with E-state index in [9.17, 15) is 4.79 Å². The van der Waals surface area contributed by atoms with Crippen molar-refractivity contribution in [3.63, 3.8) is 0 Å². The number of nitrogens with zero attached hydrogens (tertiary/aromatic N) is 2. The van der Waals surface area contributed by atoms with E-state index < -0.39 is 0 Å². The molecule has 4 rings (SSSR count). The van der Waals surface area contributed by atoms with Crippen molar-refractivity contribution in [3.8, 4) is 5.75 Å². The Morgan fingerprint density at radius 1 is 1.20 bits per heavy atom. The zero-order valence-corrected chi connectivity index (χ0v) is 17.4. The summed E-state index contributed by atoms with van der Waals surface area (Å²) in [6, 6.07) is 7.89. The molecular formula is C23H29N3O4. The van der Waals surface area contributed by atoms with Gasteiger partial charge in [0.1, 0.15) is 12.4 Å². The number of ether oxygens (including phenoxy) is 1. The molecule has 30 heavy (non-hydrogen) atoms. The standard InChI is InChI=1S/C22H29N3O2.CO2/c1-15-13-18(23)21-19(24-15)10-5-11-20(21)27-14-17-9-6-12-25(17)22(26)16-7-3-2-4-8-16;2-1-3/h5,10-11,13,16-17H,2-4,6-9,12,14H2,1H3,(H2,23,24);/t17-;/m1./s1. The van der Waals surface area contributed by atoms with Gasteiger partial charge in [0.2, 0.25) is 5.91 Å². The molecule has 2 aliphatic rings. The van der Waals surface area contributed by atoms with Gasteiger partial charge >= 0.3 is 6.15 Å². The van der Waals surface area contributed by atoms with Crippen LogP contribution in [0.25, 0.3) is 10.9 Å². The Bertz CT molecular complexity index is 918. The largest absolute Gasteiger partial charge is 0.491 e. The van der Waals surface area contributed by atoms with Crippen molar-refractivity contribution in [2.75, 3.05) is 18.9 Å². The van der Waals surface area contributed by atoms with Gasteiger partial charge in [-0.25, -0.2) is 0 Å². The van der Waals surface area contributed by atoms with E-state index in [0.29, 0.717) is 18.2 Å². The number of nitrogen functional groups attached to an aromatic ring is 1. The molecule has 2 heterocycles. The Morgan fingerprint density at radius 2 is 1.93 bits per heavy atom. The first-order valence-electron chi connectivity index (χ1n) is 10.6. The maximum absolute atomic E-state index is 13.0. The fourth-order valence-corrected chi connectivity index (χ4v) is 4.61. The van der Waals surface area contributed by atoms with Crippen molar-refractivity contribution in [3.05, 3.63) is 30.0 Å². The van der Waals surface area contributed by atoms with Gasteiger partial charge in [-0.1, -0.05) is 25.3 Å². The van der Waals surface area contributed by atoms with E-state index in [2.05, 4.69) is 9.88 Å². The minimum absolute atomic E-state index is 0.161. The Kier molecular flexibility index (Phi) is 7.41. The zero-order valence-electron chi connectivity index (χ0n) is 17.4. The number of aromatic nitrogens is 1. The maximum Gasteiger partial charge on any atom is 0.373 e. The second-order valence-corrected chi connectivity index (χ2v) is 8.06. The molecule has 160 valence electrons. The topological polar surface area (TPSA) is 103 Å². The van der Waals surface area contributed by atoms with Gasteiger partial charge in [-0.15, -0.1) is 0 Å². The van der Waals surface area contributed by atoms with Crippen LogP contribution in [0.4, 0.5) is 5.69 Å². The highest BCUT2D eigenvalue weighted by atomic mass is 16.5. The molecule has 1 atom stereocenters. The SMILES string of the molecule is Cc1cc(N)c2c(OC[C@H]3CCCN3C(=O)C3CCCCC3)cccc2n1.O=C=O. The Balaban J connectivity index is 0.000000806. The number of anilines is 1. The summed E-state index contributed by atoms with van der Waals surface area (Å²) < 4.78 is 6.18. The van der Waals surface area contributed by atoms with E-state index in [1.54, 1.807) is 0 Å². The van der Waals surface area contributed by atoms with Gasteiger partial charge in [-0.3, -0.25) is 9.78 Å². The van der Waals surface area contributed by atoms with Gasteiger partial charge in [-0.05, 0) is 50.8 Å². The van der Waals surface area contributed by atoms with Crippen molar-refractivity contribution in [1.82, 2.24) is 9.88 Å². The quantitative estimate of drug-likeness (QED) is 0.826. The molecule has 0 unspecified atom stereocenters. The summed E-state index contributed by atoms with van der Waals surface area (Å²) in [7, 11) is 0. The number of pyridine rings is 1. The lowest BCUT2D eigenvalue weighted by Crippen LogP contribution is -2.42. The predicted molar refractivity (Wildman–Crippen MR) is 113 cm³/mol. The van der Waals surface area contributed by atoms with Crippen LogP contribution in [0.15, 0.2) is 24.3 Å². The Morgan fingerprint density at radius 3 is 2.67 bits per heavy atom. The van der Waals surface area contributed by atoms with E-state index in [-0.39, 0.29) is 18.1 Å². The number of benzene rings is 1. The lowest BCUT2D eigenvalue weighted by Gasteiger charge is -2.30. The molecule has 1 amide bonds. The molecule has 0 radical (unpaired) electrons. The van der Waals surface area contributed by atoms with Crippen LogP contribution in [-0.2, 0) is 14.4 Å². The number of amides is 1. The van der Waals surface area contributed by atoms with E-state index >= 15 is 0 Å². The van der Waals surface area contributed by atoms with Gasteiger partial charge in [0, 0.05) is 23.8 Å². The number of nitrogens with two attached hydrogens (primary N) is 1. The van der Waals surface area contributed by atoms with E-state index in [4.69, 9.17) is 20.1 Å². The van der Waals surface area contributed by atoms with Gasteiger partial charge in [0.25, 0.3) is 0 Å². The number of aryl methyl sites for hydroxylation is 1. The lowest BCUT2D eigenvalue weighted by molar-refractivity contribution is -0.191. The summed E-state index contributed by atoms with van der Waals surface area (Å²) in [5.41, 5.74) is 8.67. The molecule has 1 saturated heterocycles. The minimum atomic E-state index is 0.161. The Labute approximate surface area is 176 Å². The summed E-state index contributed by atoms with van der Waals surface area (Å²) in [5, 5.41) is 0.867. The summed E-state index contributed by atoms with van der Waals surface area (Å²) in [4.78, 5) is 35.8. The number of likely N-dealkylation sites (tertiary alicyclic amines) is 1. The first-order chi connectivity index (χ1) is 14.5. The van der Waals surface area contributed by atoms with Gasteiger partial charge in [0.15, 0.2) is 0 Å². The minimum Gasteiger partial charge on any atom is -0.491 e. The van der Waals surface area contributed by atoms with Gasteiger partial charge in [-0.2, -0.15) is 9.59 Å². The van der Waals surface area contributed by atoms with Crippen LogP contribution >= 0.6 is 0 Å². The van der Waals surface area contributed by atoms with Crippen molar-refractivity contribution in [2.45, 2.75) is 57.9 Å². The third-order valence-corrected chi connectivity index (χ3v) is 6.00. The van der Waals surface area contributed by atoms with Crippen molar-refractivity contribution < 1.29 is 19.1 Å². The molecule has 1 aromatic carbocycles. The first-order valence-corrected chi connectivity index (χ1v) is 10.6. The lowest BCUT2D eigenvalue weighted by atomic mass is 9.88. The van der Waals surface area contributed by atoms with Crippen LogP contribution in [0, 0.1) is 12.8 Å². The number of fused-ring (bicyclic) bond motifs is 1. The van der Waals surface area contributed by atoms with E-state index in [1.807, 2.05) is 31.2 Å². The molecule has 2 aromatic rings.